The number of halogens is 3. The summed E-state index contributed by atoms with van der Waals surface area (Å²) in [7, 11) is 3.49. The highest BCUT2D eigenvalue weighted by molar-refractivity contribution is 5.25. The average molecular weight is 270 g/mol. The van der Waals surface area contributed by atoms with E-state index in [2.05, 4.69) is 15.4 Å². The van der Waals surface area contributed by atoms with Gasteiger partial charge in [0.25, 0.3) is 0 Å². The molecular weight excluding hydrogens is 257 g/mol. The zero-order valence-electron chi connectivity index (χ0n) is 10.4. The molecule has 1 N–H and O–H groups in total. The van der Waals surface area contributed by atoms with Crippen molar-refractivity contribution in [3.63, 3.8) is 0 Å². The van der Waals surface area contributed by atoms with Crippen LogP contribution in [0.15, 0.2) is 30.6 Å². The molecule has 4 nitrogen and oxygen atoms in total. The number of nitrogens with one attached hydrogen (secondary N) is 1. The molecule has 7 heteroatoms. The van der Waals surface area contributed by atoms with Gasteiger partial charge in [-0.2, -0.15) is 18.3 Å². The van der Waals surface area contributed by atoms with E-state index in [1.807, 2.05) is 0 Å². The maximum absolute atomic E-state index is 12.5. The molecule has 2 aromatic heterocycles. The highest BCUT2D eigenvalue weighted by atomic mass is 19.4. The van der Waals surface area contributed by atoms with Crippen LogP contribution in [0.25, 0.3) is 0 Å². The second-order valence-electron chi connectivity index (χ2n) is 4.07. The summed E-state index contributed by atoms with van der Waals surface area (Å²) in [5.74, 6) is 0. The molecule has 0 aliphatic carbocycles. The Kier molecular flexibility index (Phi) is 3.57. The predicted octanol–water partition coefficient (Wildman–Crippen LogP) is 2.14. The third-order valence-corrected chi connectivity index (χ3v) is 2.85. The number of hydrogen-bond donors (Lipinski definition) is 1. The van der Waals surface area contributed by atoms with E-state index in [-0.39, 0.29) is 6.04 Å². The maximum atomic E-state index is 12.5. The molecule has 0 amide bonds. The van der Waals surface area contributed by atoms with Gasteiger partial charge in [0, 0.05) is 19.4 Å². The van der Waals surface area contributed by atoms with Crippen LogP contribution in [-0.2, 0) is 13.2 Å². The summed E-state index contributed by atoms with van der Waals surface area (Å²) in [6.45, 7) is 0. The lowest BCUT2D eigenvalue weighted by molar-refractivity contribution is -0.137. The first-order chi connectivity index (χ1) is 8.93. The average Bonchev–Trinajstić information content (AvgIpc) is 2.76. The topological polar surface area (TPSA) is 42.7 Å². The summed E-state index contributed by atoms with van der Waals surface area (Å²) in [6, 6.07) is 3.90. The van der Waals surface area contributed by atoms with Crippen molar-refractivity contribution in [3.8, 4) is 0 Å². The first kappa shape index (κ1) is 13.5. The van der Waals surface area contributed by atoms with E-state index in [1.165, 1.54) is 6.07 Å². The van der Waals surface area contributed by atoms with Crippen molar-refractivity contribution in [2.45, 2.75) is 12.2 Å². The highest BCUT2D eigenvalue weighted by Crippen LogP contribution is 2.29. The highest BCUT2D eigenvalue weighted by Gasteiger charge is 2.31. The van der Waals surface area contributed by atoms with Gasteiger partial charge in [-0.1, -0.05) is 0 Å². The molecule has 1 atom stereocenters. The van der Waals surface area contributed by atoms with E-state index in [0.29, 0.717) is 5.69 Å². The van der Waals surface area contributed by atoms with Gasteiger partial charge in [0.1, 0.15) is 0 Å². The predicted molar refractivity (Wildman–Crippen MR) is 63.3 cm³/mol. The molecule has 2 heterocycles. The molecule has 19 heavy (non-hydrogen) atoms. The van der Waals surface area contributed by atoms with Crippen LogP contribution in [0.3, 0.4) is 0 Å². The molecule has 0 saturated carbocycles. The molecule has 0 aliphatic heterocycles. The van der Waals surface area contributed by atoms with Crippen molar-refractivity contribution >= 4 is 0 Å². The minimum atomic E-state index is -4.37. The van der Waals surface area contributed by atoms with Crippen molar-refractivity contribution in [2.75, 3.05) is 7.05 Å². The fraction of sp³-hybridized carbons (Fsp3) is 0.333. The summed E-state index contributed by atoms with van der Waals surface area (Å²) in [5.41, 5.74) is 0.588. The summed E-state index contributed by atoms with van der Waals surface area (Å²) >= 11 is 0. The lowest BCUT2D eigenvalue weighted by Gasteiger charge is -2.16. The maximum Gasteiger partial charge on any atom is 0.417 e. The lowest BCUT2D eigenvalue weighted by atomic mass is 10.1. The quantitative estimate of drug-likeness (QED) is 0.929. The Bertz CT molecular complexity index is 545. The van der Waals surface area contributed by atoms with Gasteiger partial charge in [0.05, 0.1) is 23.0 Å². The van der Waals surface area contributed by atoms with Crippen molar-refractivity contribution < 1.29 is 13.2 Å². The van der Waals surface area contributed by atoms with Crippen LogP contribution >= 0.6 is 0 Å². The molecule has 2 aromatic rings. The van der Waals surface area contributed by atoms with Crippen molar-refractivity contribution in [3.05, 3.63) is 47.5 Å². The smallest absolute Gasteiger partial charge is 0.307 e. The number of rotatable bonds is 3. The van der Waals surface area contributed by atoms with Crippen LogP contribution in [0.1, 0.15) is 23.0 Å². The van der Waals surface area contributed by atoms with Crippen molar-refractivity contribution in [1.29, 1.82) is 0 Å². The van der Waals surface area contributed by atoms with Crippen LogP contribution < -0.4 is 5.32 Å². The monoisotopic (exact) mass is 270 g/mol. The zero-order valence-corrected chi connectivity index (χ0v) is 10.4. The first-order valence-corrected chi connectivity index (χ1v) is 5.62. The van der Waals surface area contributed by atoms with Crippen molar-refractivity contribution in [2.24, 2.45) is 7.05 Å². The molecule has 1 unspecified atom stereocenters. The molecule has 0 fully saturated rings. The third-order valence-electron chi connectivity index (χ3n) is 2.85. The summed E-state index contributed by atoms with van der Waals surface area (Å²) in [4.78, 5) is 3.89. The molecule has 0 radical (unpaired) electrons. The standard InChI is InChI=1S/C12H13F3N4/c1-16-11(10-5-6-18-19(10)2)9-4-3-8(7-17-9)12(13,14)15/h3-7,11,16H,1-2H3. The molecule has 0 bridgehead atoms. The number of hydrogen-bond acceptors (Lipinski definition) is 3. The summed E-state index contributed by atoms with van der Waals surface area (Å²) in [6.07, 6.45) is -1.90. The SMILES string of the molecule is CNC(c1ccc(C(F)(F)F)cn1)c1ccnn1C. The van der Waals surface area contributed by atoms with E-state index in [0.717, 1.165) is 18.0 Å². The van der Waals surface area contributed by atoms with Gasteiger partial charge in [-0.05, 0) is 25.2 Å². The molecule has 0 aliphatic rings. The largest absolute Gasteiger partial charge is 0.417 e. The van der Waals surface area contributed by atoms with Crippen LogP contribution in [0, 0.1) is 0 Å². The Labute approximate surface area is 108 Å². The Hall–Kier alpha value is -1.89. The van der Waals surface area contributed by atoms with Crippen LogP contribution in [0.2, 0.25) is 0 Å². The normalized spacial score (nSPS) is 13.5. The molecule has 2 rings (SSSR count). The first-order valence-electron chi connectivity index (χ1n) is 5.62. The fourth-order valence-corrected chi connectivity index (χ4v) is 1.86. The van der Waals surface area contributed by atoms with E-state index in [4.69, 9.17) is 0 Å². The van der Waals surface area contributed by atoms with Gasteiger partial charge in [-0.25, -0.2) is 0 Å². The molecule has 0 spiro atoms. The molecule has 0 saturated heterocycles. The Morgan fingerprint density at radius 3 is 2.42 bits per heavy atom. The van der Waals surface area contributed by atoms with E-state index in [1.54, 1.807) is 31.0 Å². The van der Waals surface area contributed by atoms with Crippen LogP contribution in [-0.4, -0.2) is 21.8 Å². The molecular formula is C12H13F3N4. The number of nitrogens with zero attached hydrogens (tertiary/aromatic N) is 3. The van der Waals surface area contributed by atoms with Gasteiger partial charge >= 0.3 is 6.18 Å². The summed E-state index contributed by atoms with van der Waals surface area (Å²) in [5, 5.41) is 7.05. The van der Waals surface area contributed by atoms with Gasteiger partial charge < -0.3 is 5.32 Å². The van der Waals surface area contributed by atoms with E-state index in [9.17, 15) is 13.2 Å². The van der Waals surface area contributed by atoms with Gasteiger partial charge in [-0.3, -0.25) is 9.67 Å². The summed E-state index contributed by atoms with van der Waals surface area (Å²) < 4.78 is 39.1. The number of aromatic nitrogens is 3. The van der Waals surface area contributed by atoms with Gasteiger partial charge in [0.15, 0.2) is 0 Å². The van der Waals surface area contributed by atoms with Crippen LogP contribution in [0.5, 0.6) is 0 Å². The number of alkyl halides is 3. The fourth-order valence-electron chi connectivity index (χ4n) is 1.86. The van der Waals surface area contributed by atoms with E-state index < -0.39 is 11.7 Å². The Morgan fingerprint density at radius 2 is 2.00 bits per heavy atom. The minimum Gasteiger partial charge on any atom is -0.307 e. The van der Waals surface area contributed by atoms with Gasteiger partial charge in [0.2, 0.25) is 0 Å². The Morgan fingerprint density at radius 1 is 1.26 bits per heavy atom. The third kappa shape index (κ3) is 2.76. The number of pyridine rings is 1. The number of aryl methyl sites for hydroxylation is 1. The second kappa shape index (κ2) is 5.00. The Balaban J connectivity index is 2.33. The second-order valence-corrected chi connectivity index (χ2v) is 4.07. The molecule has 0 aromatic carbocycles. The molecule has 102 valence electrons. The zero-order chi connectivity index (χ0) is 14.0. The van der Waals surface area contributed by atoms with E-state index >= 15 is 0 Å². The van der Waals surface area contributed by atoms with Gasteiger partial charge in [-0.15, -0.1) is 0 Å². The van der Waals surface area contributed by atoms with Crippen LogP contribution in [0.4, 0.5) is 13.2 Å². The van der Waals surface area contributed by atoms with Crippen molar-refractivity contribution in [1.82, 2.24) is 20.1 Å². The lowest BCUT2D eigenvalue weighted by Crippen LogP contribution is -2.22. The minimum absolute atomic E-state index is 0.296.